The van der Waals surface area contributed by atoms with Crippen molar-refractivity contribution >= 4 is 82.1 Å². The lowest BCUT2D eigenvalue weighted by atomic mass is 9.43. The van der Waals surface area contributed by atoms with Crippen LogP contribution in [0.1, 0.15) is 84.2 Å². The van der Waals surface area contributed by atoms with Gasteiger partial charge in [0.2, 0.25) is 0 Å². The molecule has 13 aromatic rings. The van der Waals surface area contributed by atoms with Crippen molar-refractivity contribution < 1.29 is 4.42 Å². The first-order valence-corrected chi connectivity index (χ1v) is 29.1. The fourth-order valence-corrected chi connectivity index (χ4v) is 17.1. The number of para-hydroxylation sites is 1. The third kappa shape index (κ3) is 6.64. The number of fused-ring (bicyclic) bond motifs is 7. The summed E-state index contributed by atoms with van der Waals surface area (Å²) in [6.07, 6.45) is 11.4. The van der Waals surface area contributed by atoms with Crippen molar-refractivity contribution in [3.05, 3.63) is 252 Å². The monoisotopic (exact) mass is 1030 g/mol. The van der Waals surface area contributed by atoms with E-state index in [0.29, 0.717) is 23.8 Å². The quantitative estimate of drug-likeness (QED) is 0.135. The second-order valence-corrected chi connectivity index (χ2v) is 24.1. The SMILES string of the molecule is CC(c1ccccc1)C(Cc1c(-c2cccnc2)cc2ccc3c(N(c4ccc5c(c4)-c4ccccc4C54C5CC6CC(C5)CC4C6)c4ccc5ccccc5c4)ccc4c(C#N)cc1c2c43)c1ccc2c(c1)oc1ccccc12. The van der Waals surface area contributed by atoms with Crippen LogP contribution in [0.15, 0.2) is 223 Å². The number of nitrogens with zero attached hydrogens (tertiary/aromatic N) is 3. The molecule has 4 saturated carbocycles. The van der Waals surface area contributed by atoms with Crippen molar-refractivity contribution in [3.63, 3.8) is 0 Å². The van der Waals surface area contributed by atoms with Crippen LogP contribution < -0.4 is 4.90 Å². The number of pyridine rings is 1. The molecule has 382 valence electrons. The van der Waals surface area contributed by atoms with Crippen LogP contribution in [0, 0.1) is 35.0 Å². The van der Waals surface area contributed by atoms with Crippen molar-refractivity contribution in [3.8, 4) is 28.3 Å². The van der Waals surface area contributed by atoms with Crippen LogP contribution in [-0.4, -0.2) is 4.98 Å². The van der Waals surface area contributed by atoms with E-state index in [0.717, 1.165) is 88.9 Å². The highest BCUT2D eigenvalue weighted by molar-refractivity contribution is 6.28. The lowest BCUT2D eigenvalue weighted by Crippen LogP contribution is -2.55. The molecule has 18 rings (SSSR count). The van der Waals surface area contributed by atoms with Gasteiger partial charge in [-0.3, -0.25) is 4.98 Å². The Morgan fingerprint density at radius 3 is 2.09 bits per heavy atom. The standard InChI is InChI=1S/C76H57N3O/c1-45(48-12-3-2-4-13-48)64(51-22-26-62-61-18-8-10-20-72(61)80-73(62)40-51)42-66-65(53-16-11-31-78-44-53)38-52-23-27-63-71(30-28-59-54(43-77)39-68(66)74(52)75(59)63)79(57-24-21-49-14-5-6-15-50(49)37-57)58-25-29-70-67(41-58)60-17-7-9-19-69(60)76(70)55-33-46-32-47(35-55)36-56(76)34-46/h2-31,37-41,44-47,55-56,64H,32-36,42H2,1H3. The molecule has 4 heteroatoms. The molecule has 5 aliphatic carbocycles. The maximum atomic E-state index is 11.4. The van der Waals surface area contributed by atoms with E-state index in [2.05, 4.69) is 212 Å². The molecule has 0 N–H and O–H groups in total. The van der Waals surface area contributed by atoms with Crippen LogP contribution in [0.5, 0.6) is 0 Å². The number of hydrogen-bond donors (Lipinski definition) is 0. The van der Waals surface area contributed by atoms with Crippen molar-refractivity contribution in [2.24, 2.45) is 23.7 Å². The molecule has 4 nitrogen and oxygen atoms in total. The Labute approximate surface area is 465 Å². The zero-order valence-electron chi connectivity index (χ0n) is 44.7. The number of rotatable bonds is 9. The third-order valence-electron chi connectivity index (χ3n) is 20.3. The van der Waals surface area contributed by atoms with E-state index >= 15 is 0 Å². The van der Waals surface area contributed by atoms with Gasteiger partial charge in [-0.15, -0.1) is 0 Å². The second kappa shape index (κ2) is 17.5. The first-order chi connectivity index (χ1) is 39.5. The second-order valence-electron chi connectivity index (χ2n) is 24.1. The van der Waals surface area contributed by atoms with Gasteiger partial charge in [-0.2, -0.15) is 5.26 Å². The molecule has 2 heterocycles. The van der Waals surface area contributed by atoms with E-state index in [-0.39, 0.29) is 17.3 Å². The Morgan fingerprint density at radius 2 is 1.25 bits per heavy atom. The van der Waals surface area contributed by atoms with E-state index in [1.807, 2.05) is 24.5 Å². The average molecular weight is 1030 g/mol. The van der Waals surface area contributed by atoms with Crippen LogP contribution >= 0.6 is 0 Å². The predicted molar refractivity (Wildman–Crippen MR) is 329 cm³/mol. The minimum Gasteiger partial charge on any atom is -0.456 e. The summed E-state index contributed by atoms with van der Waals surface area (Å²) in [6.45, 7) is 2.37. The van der Waals surface area contributed by atoms with Crippen molar-refractivity contribution in [2.75, 3.05) is 4.90 Å². The van der Waals surface area contributed by atoms with Crippen LogP contribution in [0.3, 0.4) is 0 Å². The van der Waals surface area contributed by atoms with Gasteiger partial charge in [0, 0.05) is 61.7 Å². The molecule has 4 fully saturated rings. The van der Waals surface area contributed by atoms with Crippen molar-refractivity contribution in [2.45, 2.75) is 62.7 Å². The lowest BCUT2D eigenvalue weighted by molar-refractivity contribution is -0.0399. The summed E-state index contributed by atoms with van der Waals surface area (Å²) in [7, 11) is 0. The van der Waals surface area contributed by atoms with Crippen LogP contribution in [0.2, 0.25) is 0 Å². The fourth-order valence-electron chi connectivity index (χ4n) is 17.1. The highest BCUT2D eigenvalue weighted by Crippen LogP contribution is 2.69. The summed E-state index contributed by atoms with van der Waals surface area (Å²) in [6, 6.07) is 79.5. The Balaban J connectivity index is 0.897. The van der Waals surface area contributed by atoms with Gasteiger partial charge >= 0.3 is 0 Å². The van der Waals surface area contributed by atoms with Gasteiger partial charge in [0.15, 0.2) is 0 Å². The van der Waals surface area contributed by atoms with Crippen LogP contribution in [0.25, 0.3) is 87.3 Å². The van der Waals surface area contributed by atoms with Gasteiger partial charge in [-0.05, 0) is 206 Å². The van der Waals surface area contributed by atoms with Gasteiger partial charge in [-0.1, -0.05) is 153 Å². The molecule has 5 aliphatic rings. The molecule has 0 radical (unpaired) electrons. The highest BCUT2D eigenvalue weighted by Gasteiger charge is 2.61. The highest BCUT2D eigenvalue weighted by atomic mass is 16.3. The van der Waals surface area contributed by atoms with Crippen LogP contribution in [0.4, 0.5) is 17.1 Å². The number of benzene rings is 11. The summed E-state index contributed by atoms with van der Waals surface area (Å²) in [4.78, 5) is 7.22. The summed E-state index contributed by atoms with van der Waals surface area (Å²) >= 11 is 0. The van der Waals surface area contributed by atoms with Gasteiger partial charge < -0.3 is 9.32 Å². The molecule has 2 unspecified atom stereocenters. The molecular formula is C76H57N3O. The molecule has 4 bridgehead atoms. The molecule has 0 saturated heterocycles. The van der Waals surface area contributed by atoms with Gasteiger partial charge in [-0.25, -0.2) is 0 Å². The predicted octanol–water partition coefficient (Wildman–Crippen LogP) is 19.9. The molecule has 11 aromatic carbocycles. The average Bonchev–Trinajstić information content (AvgIpc) is 3.40. The zero-order chi connectivity index (χ0) is 52.8. The Kier molecular flexibility index (Phi) is 10.0. The molecule has 2 aromatic heterocycles. The van der Waals surface area contributed by atoms with E-state index in [9.17, 15) is 5.26 Å². The first-order valence-electron chi connectivity index (χ1n) is 29.1. The molecule has 1 spiro atoms. The number of anilines is 3. The van der Waals surface area contributed by atoms with Crippen LogP contribution in [-0.2, 0) is 11.8 Å². The first kappa shape index (κ1) is 45.9. The summed E-state index contributed by atoms with van der Waals surface area (Å²) in [5.74, 6) is 3.32. The molecule has 80 heavy (non-hydrogen) atoms. The van der Waals surface area contributed by atoms with Crippen molar-refractivity contribution in [1.29, 1.82) is 5.26 Å². The van der Waals surface area contributed by atoms with E-state index in [1.54, 1.807) is 11.1 Å². The third-order valence-corrected chi connectivity index (χ3v) is 20.3. The number of hydrogen-bond acceptors (Lipinski definition) is 4. The summed E-state index contributed by atoms with van der Waals surface area (Å²) in [5.41, 5.74) is 17.7. The summed E-state index contributed by atoms with van der Waals surface area (Å²) in [5, 5.41) is 22.7. The largest absolute Gasteiger partial charge is 0.456 e. The van der Waals surface area contributed by atoms with Gasteiger partial charge in [0.25, 0.3) is 0 Å². The minimum atomic E-state index is 0.0383. The smallest absolute Gasteiger partial charge is 0.135 e. The van der Waals surface area contributed by atoms with E-state index < -0.39 is 0 Å². The normalized spacial score (nSPS) is 20.6. The molecule has 0 amide bonds. The van der Waals surface area contributed by atoms with E-state index in [1.165, 1.54) is 76.1 Å². The number of furan rings is 1. The number of nitriles is 1. The van der Waals surface area contributed by atoms with Crippen molar-refractivity contribution in [1.82, 2.24) is 4.98 Å². The fraction of sp³-hybridized carbons (Fsp3) is 0.184. The Bertz CT molecular complexity index is 4670. The topological polar surface area (TPSA) is 53.1 Å². The lowest BCUT2D eigenvalue weighted by Gasteiger charge is -2.61. The maximum absolute atomic E-state index is 11.4. The van der Waals surface area contributed by atoms with Gasteiger partial charge in [0.05, 0.1) is 17.3 Å². The zero-order valence-corrected chi connectivity index (χ0v) is 44.7. The number of aromatic nitrogens is 1. The molecule has 0 aliphatic heterocycles. The minimum absolute atomic E-state index is 0.0383. The Hall–Kier alpha value is -9.04. The maximum Gasteiger partial charge on any atom is 0.135 e. The van der Waals surface area contributed by atoms with Gasteiger partial charge in [0.1, 0.15) is 11.2 Å². The van der Waals surface area contributed by atoms with E-state index in [4.69, 9.17) is 9.40 Å². The molecular weight excluding hydrogens is 971 g/mol. The summed E-state index contributed by atoms with van der Waals surface area (Å²) < 4.78 is 6.60. The molecule has 2 atom stereocenters. The Morgan fingerprint density at radius 1 is 0.537 bits per heavy atom.